The van der Waals surface area contributed by atoms with Crippen molar-refractivity contribution in [2.45, 2.75) is 24.6 Å². The summed E-state index contributed by atoms with van der Waals surface area (Å²) in [5, 5.41) is 7.99. The van der Waals surface area contributed by atoms with Crippen LogP contribution in [0.5, 0.6) is 0 Å². The number of hydrogen-bond acceptors (Lipinski definition) is 5. The first-order chi connectivity index (χ1) is 11.0. The number of nitrogens with zero attached hydrogens (tertiary/aromatic N) is 3. The van der Waals surface area contributed by atoms with Crippen LogP contribution in [-0.4, -0.2) is 23.2 Å². The summed E-state index contributed by atoms with van der Waals surface area (Å²) < 4.78 is 29.6. The summed E-state index contributed by atoms with van der Waals surface area (Å²) in [7, 11) is -3.57. The van der Waals surface area contributed by atoms with Gasteiger partial charge >= 0.3 is 0 Å². The van der Waals surface area contributed by atoms with Gasteiger partial charge in [-0.05, 0) is 38.1 Å². The molecule has 3 aromatic rings. The number of anilines is 1. The second-order valence-corrected chi connectivity index (χ2v) is 8.19. The molecule has 0 spiro atoms. The topological polar surface area (TPSA) is 76.9 Å². The third-order valence-corrected chi connectivity index (χ3v) is 6.18. The lowest BCUT2D eigenvalue weighted by atomic mass is 10.2. The molecule has 3 rings (SSSR count). The summed E-state index contributed by atoms with van der Waals surface area (Å²) in [6.07, 6.45) is 1.65. The van der Waals surface area contributed by atoms with Gasteiger partial charge in [-0.15, -0.1) is 21.5 Å². The molecule has 8 heteroatoms. The van der Waals surface area contributed by atoms with E-state index >= 15 is 0 Å². The molecule has 2 heterocycles. The van der Waals surface area contributed by atoms with E-state index in [4.69, 9.17) is 0 Å². The Labute approximate surface area is 138 Å². The minimum absolute atomic E-state index is 0.303. The van der Waals surface area contributed by atoms with Crippen molar-refractivity contribution in [3.05, 3.63) is 47.6 Å². The Hall–Kier alpha value is -2.19. The fourth-order valence-corrected chi connectivity index (χ4v) is 4.53. The van der Waals surface area contributed by atoms with E-state index < -0.39 is 10.0 Å². The average molecular weight is 348 g/mol. The lowest BCUT2D eigenvalue weighted by Crippen LogP contribution is -2.11. The van der Waals surface area contributed by atoms with Gasteiger partial charge in [-0.1, -0.05) is 12.1 Å². The van der Waals surface area contributed by atoms with Gasteiger partial charge in [0.1, 0.15) is 10.5 Å². The molecule has 1 aromatic carbocycles. The average Bonchev–Trinajstić information content (AvgIpc) is 3.15. The molecule has 2 aromatic heterocycles. The molecule has 1 N–H and O–H groups in total. The molecule has 120 valence electrons. The number of rotatable bonds is 5. The van der Waals surface area contributed by atoms with Crippen LogP contribution >= 0.6 is 11.3 Å². The van der Waals surface area contributed by atoms with E-state index in [2.05, 4.69) is 14.9 Å². The van der Waals surface area contributed by atoms with E-state index in [1.807, 2.05) is 24.5 Å². The summed E-state index contributed by atoms with van der Waals surface area (Å²) in [4.78, 5) is 0.954. The van der Waals surface area contributed by atoms with E-state index in [9.17, 15) is 8.42 Å². The van der Waals surface area contributed by atoms with Crippen LogP contribution in [0.25, 0.3) is 11.4 Å². The number of sulfonamides is 1. The van der Waals surface area contributed by atoms with Crippen LogP contribution in [0.2, 0.25) is 0 Å². The highest BCUT2D eigenvalue weighted by molar-refractivity contribution is 7.94. The van der Waals surface area contributed by atoms with Crippen molar-refractivity contribution in [2.75, 3.05) is 4.72 Å². The van der Waals surface area contributed by atoms with E-state index in [-0.39, 0.29) is 0 Å². The van der Waals surface area contributed by atoms with E-state index in [1.165, 1.54) is 11.3 Å². The van der Waals surface area contributed by atoms with E-state index in [1.54, 1.807) is 36.7 Å². The van der Waals surface area contributed by atoms with Crippen molar-refractivity contribution in [1.82, 2.24) is 14.8 Å². The van der Waals surface area contributed by atoms with Crippen molar-refractivity contribution in [3.8, 4) is 11.4 Å². The lowest BCUT2D eigenvalue weighted by molar-refractivity contribution is 0.603. The Balaban J connectivity index is 1.92. The van der Waals surface area contributed by atoms with Gasteiger partial charge in [0.15, 0.2) is 5.82 Å². The molecule has 0 amide bonds. The van der Waals surface area contributed by atoms with Gasteiger partial charge in [0.2, 0.25) is 0 Å². The molecule has 0 saturated heterocycles. The van der Waals surface area contributed by atoms with Gasteiger partial charge in [-0.25, -0.2) is 8.42 Å². The fourth-order valence-electron chi connectivity index (χ4n) is 2.19. The van der Waals surface area contributed by atoms with E-state index in [0.717, 1.165) is 17.0 Å². The number of thiophene rings is 1. The largest absolute Gasteiger partial charge is 0.314 e. The molecule has 0 fully saturated rings. The second-order valence-electron chi connectivity index (χ2n) is 4.99. The predicted octanol–water partition coefficient (Wildman–Crippen LogP) is 3.14. The lowest BCUT2D eigenvalue weighted by Gasteiger charge is -2.08. The maximum absolute atomic E-state index is 12.4. The predicted molar refractivity (Wildman–Crippen MR) is 91.0 cm³/mol. The van der Waals surface area contributed by atoms with Crippen LogP contribution in [0.1, 0.15) is 11.8 Å². The summed E-state index contributed by atoms with van der Waals surface area (Å²) >= 11 is 1.25. The highest BCUT2D eigenvalue weighted by Crippen LogP contribution is 2.25. The number of benzene rings is 1. The summed E-state index contributed by atoms with van der Waals surface area (Å²) in [5.41, 5.74) is 1.31. The normalized spacial score (nSPS) is 11.6. The van der Waals surface area contributed by atoms with Crippen LogP contribution < -0.4 is 4.72 Å². The van der Waals surface area contributed by atoms with Gasteiger partial charge in [0.05, 0.1) is 0 Å². The zero-order valence-corrected chi connectivity index (χ0v) is 14.4. The van der Waals surface area contributed by atoms with Crippen molar-refractivity contribution in [3.63, 3.8) is 0 Å². The molecular weight excluding hydrogens is 332 g/mol. The van der Waals surface area contributed by atoms with Crippen molar-refractivity contribution in [1.29, 1.82) is 0 Å². The molecule has 0 aliphatic rings. The zero-order chi connectivity index (χ0) is 16.4. The highest BCUT2D eigenvalue weighted by atomic mass is 32.2. The molecule has 0 bridgehead atoms. The molecular formula is C15H16N4O2S2. The highest BCUT2D eigenvalue weighted by Gasteiger charge is 2.17. The van der Waals surface area contributed by atoms with Crippen LogP contribution in [0.15, 0.2) is 46.9 Å². The first kappa shape index (κ1) is 15.7. The third-order valence-electron chi connectivity index (χ3n) is 3.31. The first-order valence-corrected chi connectivity index (χ1v) is 9.37. The van der Waals surface area contributed by atoms with Gasteiger partial charge in [-0.2, -0.15) is 0 Å². The molecule has 23 heavy (non-hydrogen) atoms. The molecule has 0 atom stereocenters. The maximum atomic E-state index is 12.4. The summed E-state index contributed by atoms with van der Waals surface area (Å²) in [6, 6.07) is 10.5. The molecule has 0 aliphatic carbocycles. The maximum Gasteiger partial charge on any atom is 0.271 e. The van der Waals surface area contributed by atoms with Crippen molar-refractivity contribution in [2.24, 2.45) is 0 Å². The minimum Gasteiger partial charge on any atom is -0.314 e. The molecule has 0 saturated carbocycles. The Morgan fingerprint density at radius 2 is 2.09 bits per heavy atom. The second kappa shape index (κ2) is 6.13. The minimum atomic E-state index is -3.57. The standard InChI is InChI=1S/C15H16N4O2S2/c1-3-19-10-16-17-15(19)12-5-4-6-13(9-12)18-23(20,21)14-8-7-11(2)22-14/h4-10,18H,3H2,1-2H3. The monoisotopic (exact) mass is 348 g/mol. The first-order valence-electron chi connectivity index (χ1n) is 7.07. The fraction of sp³-hybridized carbons (Fsp3) is 0.200. The van der Waals surface area contributed by atoms with Crippen LogP contribution in [-0.2, 0) is 16.6 Å². The number of aromatic nitrogens is 3. The van der Waals surface area contributed by atoms with Gasteiger partial charge in [-0.3, -0.25) is 4.72 Å². The van der Waals surface area contributed by atoms with E-state index in [0.29, 0.717) is 15.7 Å². The molecule has 6 nitrogen and oxygen atoms in total. The van der Waals surface area contributed by atoms with Crippen molar-refractivity contribution < 1.29 is 8.42 Å². The number of aryl methyl sites for hydroxylation is 2. The Morgan fingerprint density at radius 1 is 1.26 bits per heavy atom. The summed E-state index contributed by atoms with van der Waals surface area (Å²) in [6.45, 7) is 4.62. The number of nitrogens with one attached hydrogen (secondary N) is 1. The summed E-state index contributed by atoms with van der Waals surface area (Å²) in [5.74, 6) is 0.709. The van der Waals surface area contributed by atoms with Crippen LogP contribution in [0.3, 0.4) is 0 Å². The third kappa shape index (κ3) is 3.27. The molecule has 0 unspecified atom stereocenters. The quantitative estimate of drug-likeness (QED) is 0.768. The van der Waals surface area contributed by atoms with Gasteiger partial charge in [0.25, 0.3) is 10.0 Å². The van der Waals surface area contributed by atoms with Gasteiger partial charge in [0, 0.05) is 22.7 Å². The smallest absolute Gasteiger partial charge is 0.271 e. The Kier molecular flexibility index (Phi) is 4.18. The Morgan fingerprint density at radius 3 is 2.78 bits per heavy atom. The van der Waals surface area contributed by atoms with Gasteiger partial charge < -0.3 is 4.57 Å². The van der Waals surface area contributed by atoms with Crippen molar-refractivity contribution >= 4 is 27.0 Å². The Bertz CT molecular complexity index is 928. The molecule has 0 aliphatic heterocycles. The van der Waals surface area contributed by atoms with Crippen LogP contribution in [0.4, 0.5) is 5.69 Å². The zero-order valence-electron chi connectivity index (χ0n) is 12.7. The SMILES string of the molecule is CCn1cnnc1-c1cccc(NS(=O)(=O)c2ccc(C)s2)c1. The number of hydrogen-bond donors (Lipinski definition) is 1. The van der Waals surface area contributed by atoms with Crippen LogP contribution in [0, 0.1) is 6.92 Å². The molecule has 0 radical (unpaired) electrons.